The number of nitrogens with zero attached hydrogens (tertiary/aromatic N) is 3. The predicted octanol–water partition coefficient (Wildman–Crippen LogP) is 5.46. The van der Waals surface area contributed by atoms with Crippen molar-refractivity contribution in [2.24, 2.45) is 0 Å². The maximum atomic E-state index is 13.3. The van der Waals surface area contributed by atoms with E-state index in [9.17, 15) is 9.18 Å². The van der Waals surface area contributed by atoms with Gasteiger partial charge in [-0.05, 0) is 37.5 Å². The number of hydrogen-bond donors (Lipinski definition) is 1. The van der Waals surface area contributed by atoms with Crippen LogP contribution < -0.4 is 10.2 Å². The molecule has 2 amide bonds. The van der Waals surface area contributed by atoms with Crippen LogP contribution in [0.15, 0.2) is 30.6 Å². The predicted molar refractivity (Wildman–Crippen MR) is 110 cm³/mol. The summed E-state index contributed by atoms with van der Waals surface area (Å²) in [5.74, 6) is -0.518. The first-order valence-electron chi connectivity index (χ1n) is 9.02. The third kappa shape index (κ3) is 3.73. The number of hydrogen-bond acceptors (Lipinski definition) is 3. The fourth-order valence-corrected chi connectivity index (χ4v) is 4.79. The van der Waals surface area contributed by atoms with Crippen LogP contribution in [0.5, 0.6) is 0 Å². The second kappa shape index (κ2) is 7.93. The molecule has 4 heterocycles. The maximum Gasteiger partial charge on any atom is 0.322 e. The Balaban J connectivity index is 1.54. The third-order valence-corrected chi connectivity index (χ3v) is 6.22. The lowest BCUT2D eigenvalue weighted by molar-refractivity contribution is 0.162. The molecule has 148 valence electrons. The molecule has 0 saturated carbocycles. The molecule has 0 aliphatic carbocycles. The van der Waals surface area contributed by atoms with Crippen molar-refractivity contribution in [1.29, 1.82) is 0 Å². The molecular formula is C19H18Cl3FN4O. The van der Waals surface area contributed by atoms with Gasteiger partial charge in [0.05, 0.1) is 20.8 Å². The van der Waals surface area contributed by atoms with Crippen molar-refractivity contribution in [3.05, 3.63) is 51.5 Å². The van der Waals surface area contributed by atoms with E-state index in [0.29, 0.717) is 22.3 Å². The minimum atomic E-state index is -0.518. The lowest BCUT2D eigenvalue weighted by atomic mass is 9.99. The standard InChI is InChI=1S/C19H18Cl3FN4O/c20-14-7-11(1-4-17(14)23)25-19(28)27-10-13-3-2-12(27)5-6-26(13)18-15(21)8-24-9-16(18)22/h1,4,7-9,12-13H,2-3,5-6,10H2,(H,25,28). The minimum absolute atomic E-state index is 0.0247. The van der Waals surface area contributed by atoms with Gasteiger partial charge in [0.15, 0.2) is 0 Å². The molecule has 2 bridgehead atoms. The Morgan fingerprint density at radius 1 is 1.07 bits per heavy atom. The van der Waals surface area contributed by atoms with Gasteiger partial charge in [0, 0.05) is 43.3 Å². The number of fused-ring (bicyclic) bond motifs is 4. The molecule has 3 fully saturated rings. The van der Waals surface area contributed by atoms with Gasteiger partial charge in [-0.3, -0.25) is 4.98 Å². The molecule has 2 unspecified atom stereocenters. The number of benzene rings is 1. The van der Waals surface area contributed by atoms with Crippen LogP contribution in [0.4, 0.5) is 20.6 Å². The third-order valence-electron chi connectivity index (χ3n) is 5.37. The van der Waals surface area contributed by atoms with Crippen molar-refractivity contribution in [3.63, 3.8) is 0 Å². The molecule has 5 nitrogen and oxygen atoms in total. The molecule has 2 aromatic rings. The van der Waals surface area contributed by atoms with Crippen LogP contribution >= 0.6 is 34.8 Å². The lowest BCUT2D eigenvalue weighted by Crippen LogP contribution is -2.51. The van der Waals surface area contributed by atoms with E-state index in [1.165, 1.54) is 18.2 Å². The zero-order valence-electron chi connectivity index (χ0n) is 14.8. The van der Waals surface area contributed by atoms with Crippen molar-refractivity contribution < 1.29 is 9.18 Å². The number of carbonyl (C=O) groups is 1. The summed E-state index contributed by atoms with van der Waals surface area (Å²) in [6.45, 7) is 1.31. The van der Waals surface area contributed by atoms with Gasteiger partial charge in [0.2, 0.25) is 0 Å². The van der Waals surface area contributed by atoms with Crippen LogP contribution in [-0.4, -0.2) is 41.1 Å². The van der Waals surface area contributed by atoms with Crippen molar-refractivity contribution >= 4 is 52.2 Å². The fraction of sp³-hybridized carbons (Fsp3) is 0.368. The van der Waals surface area contributed by atoms with E-state index in [-0.39, 0.29) is 23.1 Å². The van der Waals surface area contributed by atoms with Crippen molar-refractivity contribution in [3.8, 4) is 0 Å². The van der Waals surface area contributed by atoms with Crippen LogP contribution in [0, 0.1) is 5.82 Å². The molecule has 0 spiro atoms. The van der Waals surface area contributed by atoms with E-state index < -0.39 is 5.82 Å². The smallest absolute Gasteiger partial charge is 0.322 e. The van der Waals surface area contributed by atoms with E-state index in [1.807, 2.05) is 4.90 Å². The van der Waals surface area contributed by atoms with Gasteiger partial charge in [0.1, 0.15) is 5.82 Å². The SMILES string of the molecule is O=C(Nc1ccc(F)c(Cl)c1)N1CC2CCC1CCN2c1c(Cl)cncc1Cl. The number of halogens is 4. The van der Waals surface area contributed by atoms with Crippen molar-refractivity contribution in [1.82, 2.24) is 9.88 Å². The number of nitrogens with one attached hydrogen (secondary N) is 1. The molecule has 1 aromatic carbocycles. The molecule has 1 aromatic heterocycles. The van der Waals surface area contributed by atoms with Gasteiger partial charge in [-0.2, -0.15) is 0 Å². The van der Waals surface area contributed by atoms with Gasteiger partial charge in [-0.25, -0.2) is 9.18 Å². The first-order valence-corrected chi connectivity index (χ1v) is 10.2. The summed E-state index contributed by atoms with van der Waals surface area (Å²) in [5, 5.41) is 3.82. The molecule has 0 radical (unpaired) electrons. The topological polar surface area (TPSA) is 48.5 Å². The quantitative estimate of drug-likeness (QED) is 0.671. The summed E-state index contributed by atoms with van der Waals surface area (Å²) >= 11 is 18.5. The first kappa shape index (κ1) is 19.6. The van der Waals surface area contributed by atoms with Crippen LogP contribution in [0.25, 0.3) is 0 Å². The van der Waals surface area contributed by atoms with Crippen LogP contribution in [0.1, 0.15) is 19.3 Å². The molecule has 3 saturated heterocycles. The van der Waals surface area contributed by atoms with Crippen molar-refractivity contribution in [2.75, 3.05) is 23.3 Å². The second-order valence-corrected chi connectivity index (χ2v) is 8.25. The highest BCUT2D eigenvalue weighted by Gasteiger charge is 2.39. The largest absolute Gasteiger partial charge is 0.364 e. The Morgan fingerprint density at radius 2 is 1.79 bits per heavy atom. The van der Waals surface area contributed by atoms with Crippen LogP contribution in [0.2, 0.25) is 15.1 Å². The first-order chi connectivity index (χ1) is 13.4. The number of carbonyl (C=O) groups excluding carboxylic acids is 1. The molecule has 2 atom stereocenters. The molecule has 3 aliphatic rings. The number of pyridine rings is 1. The summed E-state index contributed by atoms with van der Waals surface area (Å²) < 4.78 is 13.3. The average Bonchev–Trinajstić information content (AvgIpc) is 2.97. The molecular weight excluding hydrogens is 426 g/mol. The minimum Gasteiger partial charge on any atom is -0.364 e. The van der Waals surface area contributed by atoms with Gasteiger partial charge in [0.25, 0.3) is 0 Å². The Hall–Kier alpha value is -1.76. The van der Waals surface area contributed by atoms with E-state index in [0.717, 1.165) is 31.5 Å². The van der Waals surface area contributed by atoms with Gasteiger partial charge in [-0.1, -0.05) is 34.8 Å². The van der Waals surface area contributed by atoms with Crippen LogP contribution in [0.3, 0.4) is 0 Å². The lowest BCUT2D eigenvalue weighted by Gasteiger charge is -2.39. The molecule has 5 rings (SSSR count). The van der Waals surface area contributed by atoms with E-state index in [2.05, 4.69) is 15.2 Å². The number of piperidine rings is 1. The molecule has 9 heteroatoms. The molecule has 28 heavy (non-hydrogen) atoms. The van der Waals surface area contributed by atoms with Gasteiger partial charge < -0.3 is 15.1 Å². The normalized spacial score (nSPS) is 21.6. The highest BCUT2D eigenvalue weighted by molar-refractivity contribution is 6.39. The highest BCUT2D eigenvalue weighted by atomic mass is 35.5. The number of amides is 2. The Morgan fingerprint density at radius 3 is 2.50 bits per heavy atom. The van der Waals surface area contributed by atoms with Crippen LogP contribution in [-0.2, 0) is 0 Å². The summed E-state index contributed by atoms with van der Waals surface area (Å²) in [6, 6.07) is 4.16. The van der Waals surface area contributed by atoms with Crippen molar-refractivity contribution in [2.45, 2.75) is 31.3 Å². The van der Waals surface area contributed by atoms with Gasteiger partial charge in [-0.15, -0.1) is 0 Å². The summed E-state index contributed by atoms with van der Waals surface area (Å²) in [5.41, 5.74) is 1.24. The number of aromatic nitrogens is 1. The Kier molecular flexibility index (Phi) is 5.54. The van der Waals surface area contributed by atoms with E-state index in [1.54, 1.807) is 12.4 Å². The average molecular weight is 444 g/mol. The van der Waals surface area contributed by atoms with Gasteiger partial charge >= 0.3 is 6.03 Å². The number of anilines is 2. The summed E-state index contributed by atoms with van der Waals surface area (Å²) in [4.78, 5) is 20.9. The Labute approximate surface area is 177 Å². The van der Waals surface area contributed by atoms with E-state index >= 15 is 0 Å². The molecule has 1 N–H and O–H groups in total. The molecule has 3 aliphatic heterocycles. The maximum absolute atomic E-state index is 13.3. The monoisotopic (exact) mass is 442 g/mol. The highest BCUT2D eigenvalue weighted by Crippen LogP contribution is 2.39. The fourth-order valence-electron chi connectivity index (χ4n) is 4.02. The number of rotatable bonds is 2. The summed E-state index contributed by atoms with van der Waals surface area (Å²) in [7, 11) is 0. The number of urea groups is 1. The van der Waals surface area contributed by atoms with E-state index in [4.69, 9.17) is 34.8 Å². The zero-order chi connectivity index (χ0) is 19.8. The Bertz CT molecular complexity index is 892. The zero-order valence-corrected chi connectivity index (χ0v) is 17.1. The second-order valence-electron chi connectivity index (χ2n) is 7.03. The summed E-state index contributed by atoms with van der Waals surface area (Å²) in [6.07, 6.45) is 5.83.